The van der Waals surface area contributed by atoms with Crippen LogP contribution >= 0.6 is 23.4 Å². The summed E-state index contributed by atoms with van der Waals surface area (Å²) in [5.41, 5.74) is 3.54. The molecule has 6 nitrogen and oxygen atoms in total. The minimum absolute atomic E-state index is 0.495. The van der Waals surface area contributed by atoms with Gasteiger partial charge in [-0.1, -0.05) is 44.1 Å². The molecule has 0 aliphatic rings. The molecule has 0 bridgehead atoms. The van der Waals surface area contributed by atoms with E-state index < -0.39 is 0 Å². The summed E-state index contributed by atoms with van der Waals surface area (Å²) >= 11 is 8.25. The standard InChI is InChI=1S/C22H26ClN5OS/c1-5-14-10-17(23)16(11-18(14)29-4)20-19-15(12-24)13-25-21(19)27-22(26-20)30-9-8-28(6-2)7-3/h10-11,13H,5-9H2,1-4H3,(H,25,26,27). The van der Waals surface area contributed by atoms with Crippen molar-refractivity contribution in [3.05, 3.63) is 34.5 Å². The quantitative estimate of drug-likeness (QED) is 0.363. The number of aromatic nitrogens is 3. The van der Waals surface area contributed by atoms with Gasteiger partial charge in [-0.15, -0.1) is 0 Å². The second kappa shape index (κ2) is 10.2. The summed E-state index contributed by atoms with van der Waals surface area (Å²) in [6, 6.07) is 6.04. The number of fused-ring (bicyclic) bond motifs is 1. The van der Waals surface area contributed by atoms with E-state index in [2.05, 4.69) is 41.7 Å². The highest BCUT2D eigenvalue weighted by molar-refractivity contribution is 7.99. The molecule has 2 aromatic heterocycles. The fourth-order valence-corrected chi connectivity index (χ4v) is 4.53. The minimum atomic E-state index is 0.495. The molecule has 0 spiro atoms. The van der Waals surface area contributed by atoms with Crippen molar-refractivity contribution in [3.63, 3.8) is 0 Å². The predicted molar refractivity (Wildman–Crippen MR) is 123 cm³/mol. The third-order valence-electron chi connectivity index (χ3n) is 5.17. The molecule has 1 aromatic carbocycles. The number of methoxy groups -OCH3 is 1. The molecule has 0 radical (unpaired) electrons. The van der Waals surface area contributed by atoms with Crippen LogP contribution in [-0.2, 0) is 6.42 Å². The maximum absolute atomic E-state index is 9.58. The van der Waals surface area contributed by atoms with Crippen LogP contribution in [0.2, 0.25) is 5.02 Å². The van der Waals surface area contributed by atoms with E-state index >= 15 is 0 Å². The summed E-state index contributed by atoms with van der Waals surface area (Å²) in [6.45, 7) is 9.37. The first-order valence-corrected chi connectivity index (χ1v) is 11.4. The van der Waals surface area contributed by atoms with Crippen molar-refractivity contribution >= 4 is 34.4 Å². The summed E-state index contributed by atoms with van der Waals surface area (Å²) in [7, 11) is 1.65. The van der Waals surface area contributed by atoms with Crippen LogP contribution in [0.25, 0.3) is 22.3 Å². The highest BCUT2D eigenvalue weighted by Crippen LogP contribution is 2.38. The van der Waals surface area contributed by atoms with Crippen LogP contribution in [0.15, 0.2) is 23.5 Å². The number of aryl methyl sites for hydroxylation is 1. The van der Waals surface area contributed by atoms with Crippen LogP contribution in [0, 0.1) is 11.3 Å². The van der Waals surface area contributed by atoms with Crippen LogP contribution in [0.4, 0.5) is 0 Å². The Morgan fingerprint density at radius 3 is 2.63 bits per heavy atom. The normalized spacial score (nSPS) is 11.2. The molecule has 3 rings (SSSR count). The Labute approximate surface area is 186 Å². The van der Waals surface area contributed by atoms with E-state index in [1.54, 1.807) is 25.1 Å². The number of nitrogens with one attached hydrogen (secondary N) is 1. The van der Waals surface area contributed by atoms with Crippen molar-refractivity contribution in [2.75, 3.05) is 32.5 Å². The first-order valence-electron chi connectivity index (χ1n) is 10.1. The maximum Gasteiger partial charge on any atom is 0.190 e. The molecule has 3 aromatic rings. The maximum atomic E-state index is 9.58. The monoisotopic (exact) mass is 443 g/mol. The van der Waals surface area contributed by atoms with E-state index in [1.807, 2.05) is 12.1 Å². The molecule has 30 heavy (non-hydrogen) atoms. The summed E-state index contributed by atoms with van der Waals surface area (Å²) in [5, 5.41) is 11.5. The molecular weight excluding hydrogens is 418 g/mol. The van der Waals surface area contributed by atoms with E-state index in [9.17, 15) is 5.26 Å². The van der Waals surface area contributed by atoms with Crippen molar-refractivity contribution in [3.8, 4) is 23.1 Å². The molecule has 0 unspecified atom stereocenters. The molecule has 158 valence electrons. The molecule has 0 saturated heterocycles. The fourth-order valence-electron chi connectivity index (χ4n) is 3.41. The first-order chi connectivity index (χ1) is 14.6. The van der Waals surface area contributed by atoms with Crippen molar-refractivity contribution < 1.29 is 4.74 Å². The highest BCUT2D eigenvalue weighted by atomic mass is 35.5. The molecule has 1 N–H and O–H groups in total. The highest BCUT2D eigenvalue weighted by Gasteiger charge is 2.19. The van der Waals surface area contributed by atoms with E-state index in [0.29, 0.717) is 32.5 Å². The lowest BCUT2D eigenvalue weighted by Gasteiger charge is -2.17. The molecule has 0 aliphatic heterocycles. The number of aromatic amines is 1. The topological polar surface area (TPSA) is 77.8 Å². The molecule has 0 atom stereocenters. The van der Waals surface area contributed by atoms with Crippen LogP contribution in [0.3, 0.4) is 0 Å². The van der Waals surface area contributed by atoms with Gasteiger partial charge in [0, 0.05) is 24.1 Å². The van der Waals surface area contributed by atoms with Crippen molar-refractivity contribution in [2.24, 2.45) is 0 Å². The number of hydrogen-bond donors (Lipinski definition) is 1. The van der Waals surface area contributed by atoms with Gasteiger partial charge in [0.15, 0.2) is 5.16 Å². The number of nitriles is 1. The molecule has 2 heterocycles. The number of thioether (sulfide) groups is 1. The van der Waals surface area contributed by atoms with Gasteiger partial charge in [-0.3, -0.25) is 0 Å². The van der Waals surface area contributed by atoms with Gasteiger partial charge in [-0.25, -0.2) is 9.97 Å². The van der Waals surface area contributed by atoms with Crippen LogP contribution < -0.4 is 4.74 Å². The van der Waals surface area contributed by atoms with Crippen molar-refractivity contribution in [1.82, 2.24) is 19.9 Å². The number of H-pyrrole nitrogens is 1. The van der Waals surface area contributed by atoms with Gasteiger partial charge in [0.2, 0.25) is 0 Å². The van der Waals surface area contributed by atoms with Crippen molar-refractivity contribution in [1.29, 1.82) is 5.26 Å². The fraction of sp³-hybridized carbons (Fsp3) is 0.409. The lowest BCUT2D eigenvalue weighted by molar-refractivity contribution is 0.324. The molecule has 0 saturated carbocycles. The zero-order valence-electron chi connectivity index (χ0n) is 17.8. The molecule has 0 fully saturated rings. The van der Waals surface area contributed by atoms with Crippen LogP contribution in [0.5, 0.6) is 5.75 Å². The van der Waals surface area contributed by atoms with Gasteiger partial charge >= 0.3 is 0 Å². The Kier molecular flexibility index (Phi) is 7.59. The van der Waals surface area contributed by atoms with Gasteiger partial charge in [0.1, 0.15) is 17.5 Å². The summed E-state index contributed by atoms with van der Waals surface area (Å²) in [6.07, 6.45) is 2.47. The Balaban J connectivity index is 2.09. The molecule has 8 heteroatoms. The number of rotatable bonds is 9. The third kappa shape index (κ3) is 4.56. The lowest BCUT2D eigenvalue weighted by Crippen LogP contribution is -2.25. The Hall–Kier alpha value is -2.27. The van der Waals surface area contributed by atoms with E-state index in [4.69, 9.17) is 21.3 Å². The number of benzene rings is 1. The third-order valence-corrected chi connectivity index (χ3v) is 6.31. The molecular formula is C22H26ClN5OS. The molecule has 0 amide bonds. The summed E-state index contributed by atoms with van der Waals surface area (Å²) < 4.78 is 5.56. The van der Waals surface area contributed by atoms with Gasteiger partial charge < -0.3 is 14.6 Å². The lowest BCUT2D eigenvalue weighted by atomic mass is 10.0. The smallest absolute Gasteiger partial charge is 0.190 e. The first kappa shape index (κ1) is 22.4. The largest absolute Gasteiger partial charge is 0.496 e. The predicted octanol–water partition coefficient (Wildman–Crippen LogP) is 5.15. The van der Waals surface area contributed by atoms with Gasteiger partial charge in [0.25, 0.3) is 0 Å². The van der Waals surface area contributed by atoms with Gasteiger partial charge in [-0.05, 0) is 37.2 Å². The van der Waals surface area contributed by atoms with Gasteiger partial charge in [-0.2, -0.15) is 5.26 Å². The zero-order chi connectivity index (χ0) is 21.7. The Bertz CT molecular complexity index is 1070. The van der Waals surface area contributed by atoms with E-state index in [1.165, 1.54) is 0 Å². The Morgan fingerprint density at radius 1 is 1.23 bits per heavy atom. The van der Waals surface area contributed by atoms with E-state index in [0.717, 1.165) is 48.7 Å². The van der Waals surface area contributed by atoms with Gasteiger partial charge in [0.05, 0.1) is 28.8 Å². The second-order valence-corrected chi connectivity index (χ2v) is 8.23. The summed E-state index contributed by atoms with van der Waals surface area (Å²) in [4.78, 5) is 14.9. The van der Waals surface area contributed by atoms with Crippen LogP contribution in [-0.4, -0.2) is 52.3 Å². The summed E-state index contributed by atoms with van der Waals surface area (Å²) in [5.74, 6) is 1.64. The Morgan fingerprint density at radius 2 is 2.00 bits per heavy atom. The number of nitrogens with zero attached hydrogens (tertiary/aromatic N) is 4. The van der Waals surface area contributed by atoms with Crippen molar-refractivity contribution in [2.45, 2.75) is 32.3 Å². The average molecular weight is 444 g/mol. The number of halogens is 1. The number of hydrogen-bond acceptors (Lipinski definition) is 6. The second-order valence-electron chi connectivity index (χ2n) is 6.77. The number of ether oxygens (including phenoxy) is 1. The average Bonchev–Trinajstić information content (AvgIpc) is 3.19. The molecule has 0 aliphatic carbocycles. The SMILES string of the molecule is CCc1cc(Cl)c(-c2nc(SCCN(CC)CC)nc3[nH]cc(C#N)c23)cc1OC. The van der Waals surface area contributed by atoms with E-state index in [-0.39, 0.29) is 0 Å². The minimum Gasteiger partial charge on any atom is -0.496 e. The zero-order valence-corrected chi connectivity index (χ0v) is 19.3. The van der Waals surface area contributed by atoms with Crippen LogP contribution in [0.1, 0.15) is 31.9 Å².